The minimum Gasteiger partial charge on any atom is -0.338 e. The van der Waals surface area contributed by atoms with Crippen LogP contribution < -0.4 is 0 Å². The lowest BCUT2D eigenvalue weighted by molar-refractivity contribution is 0.391. The highest BCUT2D eigenvalue weighted by Gasteiger charge is 2.15. The molecule has 0 bridgehead atoms. The van der Waals surface area contributed by atoms with Crippen molar-refractivity contribution in [2.45, 2.75) is 37.7 Å². The summed E-state index contributed by atoms with van der Waals surface area (Å²) >= 11 is 1.56. The van der Waals surface area contributed by atoms with Crippen LogP contribution in [0.1, 0.15) is 29.8 Å². The van der Waals surface area contributed by atoms with Crippen LogP contribution in [0.15, 0.2) is 64.3 Å². The number of aromatic nitrogens is 5. The number of aryl methyl sites for hydroxylation is 1. The maximum Gasteiger partial charge on any atom is 0.237 e. The Morgan fingerprint density at radius 1 is 1.00 bits per heavy atom. The molecule has 0 saturated heterocycles. The second-order valence-corrected chi connectivity index (χ2v) is 7.36. The van der Waals surface area contributed by atoms with E-state index >= 15 is 0 Å². The number of hydrogen-bond donors (Lipinski definition) is 0. The first kappa shape index (κ1) is 18.4. The second-order valence-electron chi connectivity index (χ2n) is 6.42. The number of rotatable bonds is 7. The topological polar surface area (TPSA) is 69.6 Å². The third kappa shape index (κ3) is 3.99. The fourth-order valence-corrected chi connectivity index (χ4v) is 3.88. The predicted molar refractivity (Wildman–Crippen MR) is 109 cm³/mol. The molecule has 28 heavy (non-hydrogen) atoms. The first-order valence-electron chi connectivity index (χ1n) is 9.22. The van der Waals surface area contributed by atoms with Gasteiger partial charge in [0.05, 0.1) is 5.75 Å². The van der Waals surface area contributed by atoms with Crippen LogP contribution in [0.3, 0.4) is 0 Å². The molecule has 0 atom stereocenters. The van der Waals surface area contributed by atoms with E-state index in [-0.39, 0.29) is 0 Å². The molecule has 142 valence electrons. The molecule has 0 N–H and O–H groups in total. The van der Waals surface area contributed by atoms with E-state index in [1.807, 2.05) is 49.4 Å². The first-order valence-corrected chi connectivity index (χ1v) is 10.2. The average Bonchev–Trinajstić information content (AvgIpc) is 3.34. The lowest BCUT2D eigenvalue weighted by Crippen LogP contribution is -2.04. The summed E-state index contributed by atoms with van der Waals surface area (Å²) in [5, 5.41) is 13.7. The summed E-state index contributed by atoms with van der Waals surface area (Å²) in [5.41, 5.74) is 3.34. The van der Waals surface area contributed by atoms with E-state index in [0.717, 1.165) is 35.1 Å². The third-order valence-electron chi connectivity index (χ3n) is 4.49. The van der Waals surface area contributed by atoms with Crippen LogP contribution in [0.5, 0.6) is 0 Å². The normalized spacial score (nSPS) is 11.1. The lowest BCUT2D eigenvalue weighted by Gasteiger charge is -2.06. The van der Waals surface area contributed by atoms with Crippen molar-refractivity contribution in [2.75, 3.05) is 0 Å². The van der Waals surface area contributed by atoms with Gasteiger partial charge in [-0.25, -0.2) is 0 Å². The van der Waals surface area contributed by atoms with Crippen LogP contribution >= 0.6 is 11.8 Å². The Morgan fingerprint density at radius 2 is 1.79 bits per heavy atom. The van der Waals surface area contributed by atoms with E-state index < -0.39 is 0 Å². The van der Waals surface area contributed by atoms with Crippen LogP contribution in [0, 0.1) is 6.92 Å². The van der Waals surface area contributed by atoms with Gasteiger partial charge in [-0.2, -0.15) is 4.98 Å². The monoisotopic (exact) mass is 391 g/mol. The van der Waals surface area contributed by atoms with E-state index in [1.54, 1.807) is 11.8 Å². The van der Waals surface area contributed by atoms with Crippen LogP contribution in [-0.4, -0.2) is 24.9 Å². The molecule has 0 radical (unpaired) electrons. The Kier molecular flexibility index (Phi) is 5.53. The van der Waals surface area contributed by atoms with Gasteiger partial charge in [0, 0.05) is 18.5 Å². The van der Waals surface area contributed by atoms with E-state index in [1.165, 1.54) is 5.56 Å². The average molecular weight is 392 g/mol. The SMILES string of the molecule is CCn1c(Cc2ccccc2)nnc1SCc1nc(-c2ccccc2C)no1. The lowest BCUT2D eigenvalue weighted by atomic mass is 10.1. The molecule has 0 aliphatic heterocycles. The molecule has 0 amide bonds. The van der Waals surface area contributed by atoms with Crippen LogP contribution in [0.2, 0.25) is 0 Å². The van der Waals surface area contributed by atoms with E-state index in [9.17, 15) is 0 Å². The Hall–Kier alpha value is -2.93. The largest absolute Gasteiger partial charge is 0.338 e. The highest BCUT2D eigenvalue weighted by molar-refractivity contribution is 7.98. The van der Waals surface area contributed by atoms with Crippen molar-refractivity contribution in [1.29, 1.82) is 0 Å². The van der Waals surface area contributed by atoms with Gasteiger partial charge in [-0.3, -0.25) is 0 Å². The number of nitrogens with zero attached hydrogens (tertiary/aromatic N) is 5. The highest BCUT2D eigenvalue weighted by Crippen LogP contribution is 2.25. The molecule has 0 unspecified atom stereocenters. The predicted octanol–water partition coefficient (Wildman–Crippen LogP) is 4.54. The van der Waals surface area contributed by atoms with Crippen molar-refractivity contribution >= 4 is 11.8 Å². The Bertz CT molecular complexity index is 1060. The summed E-state index contributed by atoms with van der Waals surface area (Å²) in [6.07, 6.45) is 0.764. The van der Waals surface area contributed by atoms with Crippen molar-refractivity contribution in [3.8, 4) is 11.4 Å². The van der Waals surface area contributed by atoms with Crippen molar-refractivity contribution in [3.63, 3.8) is 0 Å². The first-order chi connectivity index (χ1) is 13.7. The molecule has 0 fully saturated rings. The number of thioether (sulfide) groups is 1. The summed E-state index contributed by atoms with van der Waals surface area (Å²) < 4.78 is 7.57. The molecule has 0 aliphatic carbocycles. The van der Waals surface area contributed by atoms with E-state index in [4.69, 9.17) is 4.52 Å². The Balaban J connectivity index is 1.46. The molecule has 4 aromatic rings. The van der Waals surface area contributed by atoms with Crippen LogP contribution in [0.4, 0.5) is 0 Å². The summed E-state index contributed by atoms with van der Waals surface area (Å²) in [6, 6.07) is 18.3. The molecule has 0 aliphatic rings. The van der Waals surface area contributed by atoms with Gasteiger partial charge >= 0.3 is 0 Å². The molecule has 0 spiro atoms. The Labute approximate surface area is 168 Å². The minimum absolute atomic E-state index is 0.558. The van der Waals surface area contributed by atoms with Crippen LogP contribution in [-0.2, 0) is 18.7 Å². The summed E-state index contributed by atoms with van der Waals surface area (Å²) in [5.74, 6) is 2.72. The van der Waals surface area contributed by atoms with Crippen molar-refractivity contribution < 1.29 is 4.52 Å². The standard InChI is InChI=1S/C21H21N5OS/c1-3-26-18(13-16-10-5-4-6-11-16)23-24-21(26)28-14-19-22-20(25-27-19)17-12-8-7-9-15(17)2/h4-12H,3,13-14H2,1-2H3. The minimum atomic E-state index is 0.558. The summed E-state index contributed by atoms with van der Waals surface area (Å²) in [4.78, 5) is 4.53. The van der Waals surface area contributed by atoms with Crippen molar-refractivity contribution in [3.05, 3.63) is 77.4 Å². The molecule has 2 aromatic heterocycles. The van der Waals surface area contributed by atoms with E-state index in [0.29, 0.717) is 17.5 Å². The van der Waals surface area contributed by atoms with Crippen molar-refractivity contribution in [1.82, 2.24) is 24.9 Å². The molecule has 0 saturated carbocycles. The van der Waals surface area contributed by atoms with Gasteiger partial charge in [-0.1, -0.05) is 71.5 Å². The molecule has 4 rings (SSSR count). The van der Waals surface area contributed by atoms with Gasteiger partial charge < -0.3 is 9.09 Å². The smallest absolute Gasteiger partial charge is 0.237 e. The zero-order chi connectivity index (χ0) is 19.3. The zero-order valence-corrected chi connectivity index (χ0v) is 16.7. The maximum atomic E-state index is 5.43. The molecular formula is C21H21N5OS. The fourth-order valence-electron chi connectivity index (χ4n) is 3.03. The van der Waals surface area contributed by atoms with E-state index in [2.05, 4.69) is 44.0 Å². The fraction of sp³-hybridized carbons (Fsp3) is 0.238. The molecular weight excluding hydrogens is 370 g/mol. The summed E-state index contributed by atoms with van der Waals surface area (Å²) in [7, 11) is 0. The van der Waals surface area contributed by atoms with Gasteiger partial charge in [0.2, 0.25) is 11.7 Å². The Morgan fingerprint density at radius 3 is 2.57 bits per heavy atom. The van der Waals surface area contributed by atoms with Gasteiger partial charge in [-0.15, -0.1) is 10.2 Å². The van der Waals surface area contributed by atoms with Gasteiger partial charge in [-0.05, 0) is 25.0 Å². The highest BCUT2D eigenvalue weighted by atomic mass is 32.2. The number of benzene rings is 2. The summed E-state index contributed by atoms with van der Waals surface area (Å²) in [6.45, 7) is 4.96. The maximum absolute atomic E-state index is 5.43. The zero-order valence-electron chi connectivity index (χ0n) is 15.9. The van der Waals surface area contributed by atoms with Gasteiger partial charge in [0.1, 0.15) is 5.82 Å². The van der Waals surface area contributed by atoms with Gasteiger partial charge in [0.15, 0.2) is 5.16 Å². The number of hydrogen-bond acceptors (Lipinski definition) is 6. The van der Waals surface area contributed by atoms with Gasteiger partial charge in [0.25, 0.3) is 0 Å². The third-order valence-corrected chi connectivity index (χ3v) is 5.45. The molecule has 2 aromatic carbocycles. The molecule has 7 heteroatoms. The molecule has 2 heterocycles. The quantitative estimate of drug-likeness (QED) is 0.431. The second kappa shape index (κ2) is 8.39. The molecule has 6 nitrogen and oxygen atoms in total. The van der Waals surface area contributed by atoms with Crippen LogP contribution in [0.25, 0.3) is 11.4 Å². The van der Waals surface area contributed by atoms with Crippen molar-refractivity contribution in [2.24, 2.45) is 0 Å².